The fraction of sp³-hybridized carbons (Fsp3) is 0.208. The van der Waals surface area contributed by atoms with Crippen molar-refractivity contribution in [3.63, 3.8) is 0 Å². The van der Waals surface area contributed by atoms with E-state index in [2.05, 4.69) is 0 Å². The molecule has 3 aromatic rings. The number of hydrogen-bond donors (Lipinski definition) is 0. The van der Waals surface area contributed by atoms with E-state index in [1.54, 1.807) is 29.2 Å². The summed E-state index contributed by atoms with van der Waals surface area (Å²) in [7, 11) is -4.09. The summed E-state index contributed by atoms with van der Waals surface area (Å²) in [4.78, 5) is 14.3. The molecule has 1 aliphatic carbocycles. The Kier molecular flexibility index (Phi) is 6.23. The van der Waals surface area contributed by atoms with Crippen LogP contribution in [0.2, 0.25) is 0 Å². The van der Waals surface area contributed by atoms with Crippen molar-refractivity contribution in [2.45, 2.75) is 30.8 Å². The zero-order chi connectivity index (χ0) is 22.7. The maximum atomic E-state index is 13.2. The standard InChI is InChI=1S/C24H21F2NO4S/c25-20-7-1-17(2-8-20)15-27(24(28)19-5-6-19)16-18-3-11-22(12-4-18)31-32(29,30)23-13-9-21(26)10-14-23/h1-4,7-14,19H,5-6,15-16H2. The number of hydrogen-bond acceptors (Lipinski definition) is 4. The minimum Gasteiger partial charge on any atom is -0.379 e. The number of benzene rings is 3. The minimum absolute atomic E-state index is 0.0268. The number of amides is 1. The molecule has 0 bridgehead atoms. The summed E-state index contributed by atoms with van der Waals surface area (Å²) in [5.41, 5.74) is 1.62. The molecule has 0 radical (unpaired) electrons. The van der Waals surface area contributed by atoms with Crippen molar-refractivity contribution < 1.29 is 26.2 Å². The van der Waals surface area contributed by atoms with Gasteiger partial charge >= 0.3 is 10.1 Å². The highest BCUT2D eigenvalue weighted by molar-refractivity contribution is 7.87. The van der Waals surface area contributed by atoms with Gasteiger partial charge in [0.05, 0.1) is 0 Å². The molecular weight excluding hydrogens is 436 g/mol. The summed E-state index contributed by atoms with van der Waals surface area (Å²) in [5.74, 6) is -0.691. The second-order valence-corrected chi connectivity index (χ2v) is 9.28. The quantitative estimate of drug-likeness (QED) is 0.461. The van der Waals surface area contributed by atoms with Gasteiger partial charge in [0.2, 0.25) is 5.91 Å². The highest BCUT2D eigenvalue weighted by Crippen LogP contribution is 2.32. The van der Waals surface area contributed by atoms with Gasteiger partial charge in [-0.25, -0.2) is 8.78 Å². The van der Waals surface area contributed by atoms with Crippen molar-refractivity contribution in [3.05, 3.63) is 95.6 Å². The monoisotopic (exact) mass is 457 g/mol. The Morgan fingerprint density at radius 3 is 1.78 bits per heavy atom. The Balaban J connectivity index is 1.46. The van der Waals surface area contributed by atoms with E-state index in [4.69, 9.17) is 4.18 Å². The van der Waals surface area contributed by atoms with Gasteiger partial charge in [-0.2, -0.15) is 8.42 Å². The second kappa shape index (κ2) is 9.08. The topological polar surface area (TPSA) is 63.7 Å². The summed E-state index contributed by atoms with van der Waals surface area (Å²) in [5, 5.41) is 0. The first-order chi connectivity index (χ1) is 15.3. The minimum atomic E-state index is -4.09. The van der Waals surface area contributed by atoms with Gasteiger partial charge < -0.3 is 9.08 Å². The van der Waals surface area contributed by atoms with E-state index in [0.717, 1.165) is 48.2 Å². The van der Waals surface area contributed by atoms with Crippen LogP contribution in [0.3, 0.4) is 0 Å². The van der Waals surface area contributed by atoms with Gasteiger partial charge in [-0.15, -0.1) is 0 Å². The third-order valence-corrected chi connectivity index (χ3v) is 6.39. The molecule has 0 aliphatic heterocycles. The van der Waals surface area contributed by atoms with Gasteiger partial charge in [-0.3, -0.25) is 4.79 Å². The lowest BCUT2D eigenvalue weighted by Gasteiger charge is -2.23. The number of carbonyl (C=O) groups excluding carboxylic acids is 1. The van der Waals surface area contributed by atoms with Gasteiger partial charge in [0.25, 0.3) is 0 Å². The van der Waals surface area contributed by atoms with Gasteiger partial charge in [0.15, 0.2) is 0 Å². The Hall–Kier alpha value is -3.26. The van der Waals surface area contributed by atoms with E-state index in [1.165, 1.54) is 24.3 Å². The van der Waals surface area contributed by atoms with Gasteiger partial charge in [-0.05, 0) is 72.5 Å². The van der Waals surface area contributed by atoms with E-state index in [-0.39, 0.29) is 28.3 Å². The predicted octanol–water partition coefficient (Wildman–Crippen LogP) is 4.67. The van der Waals surface area contributed by atoms with Crippen LogP contribution in [0.1, 0.15) is 24.0 Å². The normalized spacial score (nSPS) is 13.6. The molecule has 0 N–H and O–H groups in total. The highest BCUT2D eigenvalue weighted by atomic mass is 32.2. The van der Waals surface area contributed by atoms with Crippen molar-refractivity contribution >= 4 is 16.0 Å². The van der Waals surface area contributed by atoms with Crippen molar-refractivity contribution in [2.75, 3.05) is 0 Å². The van der Waals surface area contributed by atoms with Crippen LogP contribution in [0.5, 0.6) is 5.75 Å². The highest BCUT2D eigenvalue weighted by Gasteiger charge is 2.33. The molecule has 0 aromatic heterocycles. The first kappa shape index (κ1) is 22.0. The van der Waals surface area contributed by atoms with Crippen molar-refractivity contribution in [1.82, 2.24) is 4.90 Å². The maximum absolute atomic E-state index is 13.2. The Morgan fingerprint density at radius 2 is 1.28 bits per heavy atom. The van der Waals surface area contributed by atoms with Crippen LogP contribution in [0.4, 0.5) is 8.78 Å². The molecule has 8 heteroatoms. The van der Waals surface area contributed by atoms with Crippen LogP contribution in [0, 0.1) is 17.6 Å². The molecule has 0 spiro atoms. The van der Waals surface area contributed by atoms with E-state index in [1.807, 2.05) is 0 Å². The van der Waals surface area contributed by atoms with Gasteiger partial charge in [0, 0.05) is 19.0 Å². The summed E-state index contributed by atoms with van der Waals surface area (Å²) in [6, 6.07) is 16.8. The lowest BCUT2D eigenvalue weighted by atomic mass is 10.1. The summed E-state index contributed by atoms with van der Waals surface area (Å²) >= 11 is 0. The molecule has 0 unspecified atom stereocenters. The molecule has 0 saturated heterocycles. The summed E-state index contributed by atoms with van der Waals surface area (Å²) < 4.78 is 56.1. The number of rotatable bonds is 8. The van der Waals surface area contributed by atoms with Gasteiger partial charge in [-0.1, -0.05) is 24.3 Å². The SMILES string of the molecule is O=C(C1CC1)N(Cc1ccc(F)cc1)Cc1ccc(OS(=O)(=O)c2ccc(F)cc2)cc1. The molecule has 4 rings (SSSR count). The van der Waals surface area contributed by atoms with Crippen LogP contribution in [0.15, 0.2) is 77.7 Å². The summed E-state index contributed by atoms with van der Waals surface area (Å²) in [6.45, 7) is 0.685. The fourth-order valence-corrected chi connectivity index (χ4v) is 4.19. The average molecular weight is 457 g/mol. The van der Waals surface area contributed by atoms with Crippen LogP contribution in [-0.4, -0.2) is 19.2 Å². The zero-order valence-electron chi connectivity index (χ0n) is 17.1. The van der Waals surface area contributed by atoms with Crippen molar-refractivity contribution in [2.24, 2.45) is 5.92 Å². The predicted molar refractivity (Wildman–Crippen MR) is 114 cm³/mol. The molecule has 1 aliphatic rings. The van der Waals surface area contributed by atoms with Gasteiger partial charge in [0.1, 0.15) is 22.3 Å². The van der Waals surface area contributed by atoms with Crippen molar-refractivity contribution in [1.29, 1.82) is 0 Å². The largest absolute Gasteiger partial charge is 0.379 e. The third-order valence-electron chi connectivity index (χ3n) is 5.13. The molecular formula is C24H21F2NO4S. The average Bonchev–Trinajstić information content (AvgIpc) is 3.61. The molecule has 5 nitrogen and oxygen atoms in total. The van der Waals surface area contributed by atoms with E-state index in [9.17, 15) is 22.0 Å². The summed E-state index contributed by atoms with van der Waals surface area (Å²) in [6.07, 6.45) is 1.74. The fourth-order valence-electron chi connectivity index (χ4n) is 3.26. The lowest BCUT2D eigenvalue weighted by Crippen LogP contribution is -2.31. The molecule has 3 aromatic carbocycles. The smallest absolute Gasteiger partial charge is 0.339 e. The molecule has 0 atom stereocenters. The first-order valence-electron chi connectivity index (χ1n) is 10.1. The molecule has 0 heterocycles. The van der Waals surface area contributed by atoms with Crippen LogP contribution in [0.25, 0.3) is 0 Å². The Bertz CT molecular complexity index is 1190. The van der Waals surface area contributed by atoms with E-state index < -0.39 is 15.9 Å². The molecule has 166 valence electrons. The molecule has 1 amide bonds. The maximum Gasteiger partial charge on any atom is 0.339 e. The molecule has 1 saturated carbocycles. The molecule has 1 fully saturated rings. The van der Waals surface area contributed by atoms with E-state index in [0.29, 0.717) is 13.1 Å². The Labute approximate surface area is 185 Å². The third kappa shape index (κ3) is 5.50. The van der Waals surface area contributed by atoms with Crippen LogP contribution < -0.4 is 4.18 Å². The second-order valence-electron chi connectivity index (χ2n) is 7.73. The number of nitrogens with zero attached hydrogens (tertiary/aromatic N) is 1. The first-order valence-corrected chi connectivity index (χ1v) is 11.5. The number of carbonyl (C=O) groups is 1. The van der Waals surface area contributed by atoms with E-state index >= 15 is 0 Å². The molecule has 32 heavy (non-hydrogen) atoms. The lowest BCUT2D eigenvalue weighted by molar-refractivity contribution is -0.133. The Morgan fingerprint density at radius 1 is 0.812 bits per heavy atom. The zero-order valence-corrected chi connectivity index (χ0v) is 17.9. The van der Waals surface area contributed by atoms with Crippen molar-refractivity contribution in [3.8, 4) is 5.75 Å². The van der Waals surface area contributed by atoms with Crippen LogP contribution >= 0.6 is 0 Å². The van der Waals surface area contributed by atoms with Crippen LogP contribution in [-0.2, 0) is 28.0 Å². The number of halogens is 2.